The molecule has 0 aliphatic carbocycles. The first kappa shape index (κ1) is 18.6. The highest BCUT2D eigenvalue weighted by atomic mass is 16.6. The lowest BCUT2D eigenvalue weighted by atomic mass is 9.89. The lowest BCUT2D eigenvalue weighted by Gasteiger charge is -2.40. The van der Waals surface area contributed by atoms with Gasteiger partial charge in [0.15, 0.2) is 0 Å². The molecule has 1 unspecified atom stereocenters. The van der Waals surface area contributed by atoms with Crippen LogP contribution >= 0.6 is 0 Å². The van der Waals surface area contributed by atoms with E-state index in [9.17, 15) is 9.90 Å². The first-order chi connectivity index (χ1) is 12.4. The number of aliphatic hydroxyl groups is 1. The fraction of sp³-hybridized carbons (Fsp3) is 0.450. The quantitative estimate of drug-likeness (QED) is 0.719. The molecule has 0 saturated carbocycles. The van der Waals surface area contributed by atoms with E-state index >= 15 is 0 Å². The van der Waals surface area contributed by atoms with Crippen LogP contribution in [0.5, 0.6) is 0 Å². The normalized spacial score (nSPS) is 20.9. The summed E-state index contributed by atoms with van der Waals surface area (Å²) in [6.07, 6.45) is 3.38. The second-order valence-electron chi connectivity index (χ2n) is 7.10. The number of ether oxygens (including phenoxy) is 1. The number of anilines is 1. The Morgan fingerprint density at radius 3 is 2.73 bits per heavy atom. The number of aromatic amines is 1. The van der Waals surface area contributed by atoms with E-state index in [1.807, 2.05) is 56.3 Å². The van der Waals surface area contributed by atoms with E-state index in [0.29, 0.717) is 6.42 Å². The number of aliphatic hydroxyl groups excluding tert-OH is 1. The van der Waals surface area contributed by atoms with Crippen LogP contribution in [0.25, 0.3) is 11.1 Å². The summed E-state index contributed by atoms with van der Waals surface area (Å²) in [5, 5.41) is 13.3. The van der Waals surface area contributed by atoms with E-state index in [1.165, 1.54) is 0 Å². The lowest BCUT2D eigenvalue weighted by Crippen LogP contribution is -2.47. The van der Waals surface area contributed by atoms with Gasteiger partial charge in [-0.3, -0.25) is 10.1 Å². The molecule has 2 heterocycles. The lowest BCUT2D eigenvalue weighted by molar-refractivity contribution is -0.150. The van der Waals surface area contributed by atoms with Gasteiger partial charge in [-0.25, -0.2) is 0 Å². The minimum atomic E-state index is -1.06. The number of nitrogens with one attached hydrogen (secondary N) is 2. The third-order valence-electron chi connectivity index (χ3n) is 4.70. The van der Waals surface area contributed by atoms with E-state index in [4.69, 9.17) is 4.74 Å². The molecule has 2 aromatic rings. The van der Waals surface area contributed by atoms with Gasteiger partial charge in [0.05, 0.1) is 6.10 Å². The monoisotopic (exact) mass is 357 g/mol. The Balaban J connectivity index is 1.98. The van der Waals surface area contributed by atoms with E-state index in [-0.39, 0.29) is 24.1 Å². The van der Waals surface area contributed by atoms with Crippen LogP contribution in [0.15, 0.2) is 36.7 Å². The van der Waals surface area contributed by atoms with Gasteiger partial charge in [0.2, 0.25) is 12.3 Å². The van der Waals surface area contributed by atoms with Crippen LogP contribution in [-0.2, 0) is 9.53 Å². The van der Waals surface area contributed by atoms with Gasteiger partial charge in [0, 0.05) is 37.1 Å². The smallest absolute Gasteiger partial charge is 0.224 e. The number of hydrogen-bond acceptors (Lipinski definition) is 4. The third kappa shape index (κ3) is 3.82. The van der Waals surface area contributed by atoms with E-state index < -0.39 is 6.41 Å². The van der Waals surface area contributed by atoms with Crippen molar-refractivity contribution in [3.63, 3.8) is 0 Å². The number of hydrogen-bond donors (Lipinski definition) is 3. The van der Waals surface area contributed by atoms with Crippen LogP contribution in [0.3, 0.4) is 0 Å². The summed E-state index contributed by atoms with van der Waals surface area (Å²) < 4.78 is 5.44. The van der Waals surface area contributed by atoms with Crippen LogP contribution in [0, 0.1) is 0 Å². The average molecular weight is 357 g/mol. The molecule has 6 heteroatoms. The van der Waals surface area contributed by atoms with Crippen molar-refractivity contribution in [3.05, 3.63) is 42.2 Å². The number of aromatic nitrogens is 1. The highest BCUT2D eigenvalue weighted by Crippen LogP contribution is 2.39. The Bertz CT molecular complexity index is 758. The van der Waals surface area contributed by atoms with Gasteiger partial charge < -0.3 is 19.7 Å². The van der Waals surface area contributed by atoms with Crippen LogP contribution in [0.4, 0.5) is 5.69 Å². The second kappa shape index (κ2) is 7.61. The minimum absolute atomic E-state index is 0.0190. The number of carbonyl (C=O) groups excluding carboxylic acids is 1. The van der Waals surface area contributed by atoms with Crippen molar-refractivity contribution in [2.24, 2.45) is 0 Å². The Morgan fingerprint density at radius 2 is 2.12 bits per heavy atom. The minimum Gasteiger partial charge on any atom is -0.367 e. The van der Waals surface area contributed by atoms with Crippen molar-refractivity contribution in [1.82, 2.24) is 10.3 Å². The van der Waals surface area contributed by atoms with Gasteiger partial charge in [-0.2, -0.15) is 0 Å². The van der Waals surface area contributed by atoms with Crippen LogP contribution < -0.4 is 10.2 Å². The van der Waals surface area contributed by atoms with E-state index in [1.54, 1.807) is 6.92 Å². The molecular weight excluding hydrogens is 330 g/mol. The molecule has 26 heavy (non-hydrogen) atoms. The van der Waals surface area contributed by atoms with Crippen molar-refractivity contribution in [2.45, 2.75) is 58.7 Å². The zero-order chi connectivity index (χ0) is 18.8. The summed E-state index contributed by atoms with van der Waals surface area (Å²) in [4.78, 5) is 17.1. The molecule has 1 aliphatic rings. The summed E-state index contributed by atoms with van der Waals surface area (Å²) in [5.74, 6) is 0.0190. The number of amides is 1. The average Bonchev–Trinajstić information content (AvgIpc) is 3.07. The largest absolute Gasteiger partial charge is 0.367 e. The number of benzene rings is 1. The molecule has 0 spiro atoms. The summed E-state index contributed by atoms with van der Waals surface area (Å²) in [6.45, 7) is 7.37. The maximum absolute atomic E-state index is 12.2. The first-order valence-corrected chi connectivity index (χ1v) is 9.03. The molecule has 3 N–H and O–H groups in total. The molecule has 3 atom stereocenters. The Labute approximate surface area is 154 Å². The number of carbonyl (C=O) groups is 1. The molecule has 0 bridgehead atoms. The molecule has 0 saturated heterocycles. The van der Waals surface area contributed by atoms with Crippen molar-refractivity contribution >= 4 is 11.6 Å². The van der Waals surface area contributed by atoms with Gasteiger partial charge in [-0.1, -0.05) is 6.07 Å². The van der Waals surface area contributed by atoms with Crippen LogP contribution in [0.2, 0.25) is 0 Å². The number of nitrogens with zero attached hydrogens (tertiary/aromatic N) is 1. The van der Waals surface area contributed by atoms with Crippen molar-refractivity contribution in [2.75, 3.05) is 4.90 Å². The molecule has 0 radical (unpaired) electrons. The predicted octanol–water partition coefficient (Wildman–Crippen LogP) is 3.16. The molecule has 1 aromatic carbocycles. The number of fused-ring (bicyclic) bond motifs is 1. The Hall–Kier alpha value is -2.15. The topological polar surface area (TPSA) is 77.6 Å². The number of H-pyrrole nitrogens is 1. The van der Waals surface area contributed by atoms with Crippen LogP contribution in [-0.4, -0.2) is 34.6 Å². The van der Waals surface area contributed by atoms with Crippen LogP contribution in [0.1, 0.15) is 45.7 Å². The fourth-order valence-electron chi connectivity index (χ4n) is 3.65. The zero-order valence-corrected chi connectivity index (χ0v) is 15.7. The fourth-order valence-corrected chi connectivity index (χ4v) is 3.65. The Morgan fingerprint density at radius 1 is 1.35 bits per heavy atom. The summed E-state index contributed by atoms with van der Waals surface area (Å²) in [7, 11) is 0. The molecule has 1 aliphatic heterocycles. The summed E-state index contributed by atoms with van der Waals surface area (Å²) in [6, 6.07) is 8.02. The van der Waals surface area contributed by atoms with Gasteiger partial charge in [-0.15, -0.1) is 0 Å². The summed E-state index contributed by atoms with van der Waals surface area (Å²) >= 11 is 0. The second-order valence-corrected chi connectivity index (χ2v) is 7.10. The molecule has 140 valence electrons. The SMILES string of the molecule is CC(=O)N1c2ccc(-c3cc[nH]c3)cc2[C@H](NC(O)OC(C)C)C[C@@H]1C. The predicted molar refractivity (Wildman–Crippen MR) is 102 cm³/mol. The van der Waals surface area contributed by atoms with E-state index in [0.717, 1.165) is 22.4 Å². The summed E-state index contributed by atoms with van der Waals surface area (Å²) in [5.41, 5.74) is 4.01. The Kier molecular flexibility index (Phi) is 5.46. The maximum Gasteiger partial charge on any atom is 0.224 e. The van der Waals surface area contributed by atoms with E-state index in [2.05, 4.69) is 16.4 Å². The zero-order valence-electron chi connectivity index (χ0n) is 15.7. The highest BCUT2D eigenvalue weighted by molar-refractivity contribution is 5.94. The van der Waals surface area contributed by atoms with Crippen molar-refractivity contribution < 1.29 is 14.6 Å². The molecule has 0 fully saturated rings. The van der Waals surface area contributed by atoms with Gasteiger partial charge in [0.1, 0.15) is 0 Å². The molecule has 1 aromatic heterocycles. The van der Waals surface area contributed by atoms with Crippen molar-refractivity contribution in [1.29, 1.82) is 0 Å². The maximum atomic E-state index is 12.2. The molecular formula is C20H27N3O3. The van der Waals surface area contributed by atoms with Gasteiger partial charge >= 0.3 is 0 Å². The molecule has 6 nitrogen and oxygen atoms in total. The molecule has 3 rings (SSSR count). The first-order valence-electron chi connectivity index (χ1n) is 9.03. The van der Waals surface area contributed by atoms with Gasteiger partial charge in [0.25, 0.3) is 0 Å². The number of rotatable bonds is 5. The third-order valence-corrected chi connectivity index (χ3v) is 4.70. The van der Waals surface area contributed by atoms with Crippen molar-refractivity contribution in [3.8, 4) is 11.1 Å². The molecule has 1 amide bonds. The standard InChI is InChI=1S/C20H27N3O3/c1-12(2)26-20(25)22-18-9-13(3)23(14(4)24)19-6-5-15(10-17(18)19)16-7-8-21-11-16/h5-8,10-13,18,20-22,25H,9H2,1-4H3/t13-,18+,20?/m0/s1. The highest BCUT2D eigenvalue weighted by Gasteiger charge is 2.33. The van der Waals surface area contributed by atoms with Gasteiger partial charge in [-0.05, 0) is 62.1 Å².